The number of amides is 2. The second kappa shape index (κ2) is 11.1. The van der Waals surface area contributed by atoms with Gasteiger partial charge in [0.2, 0.25) is 5.01 Å². The van der Waals surface area contributed by atoms with E-state index in [0.717, 1.165) is 28.4 Å². The van der Waals surface area contributed by atoms with E-state index in [9.17, 15) is 9.59 Å². The second-order valence-corrected chi connectivity index (χ2v) is 8.23. The molecule has 0 fully saturated rings. The van der Waals surface area contributed by atoms with E-state index < -0.39 is 0 Å². The van der Waals surface area contributed by atoms with E-state index in [4.69, 9.17) is 9.47 Å². The molecule has 0 radical (unpaired) electrons. The second-order valence-electron chi connectivity index (χ2n) is 7.17. The van der Waals surface area contributed by atoms with Crippen LogP contribution in [0.25, 0.3) is 0 Å². The predicted molar refractivity (Wildman–Crippen MR) is 129 cm³/mol. The predicted octanol–water partition coefficient (Wildman–Crippen LogP) is 4.31. The van der Waals surface area contributed by atoms with Gasteiger partial charge in [0.15, 0.2) is 5.01 Å². The van der Waals surface area contributed by atoms with Gasteiger partial charge in [0.1, 0.15) is 18.1 Å². The summed E-state index contributed by atoms with van der Waals surface area (Å²) in [5, 5.41) is 14.4. The molecule has 34 heavy (non-hydrogen) atoms. The first-order chi connectivity index (χ1) is 16.6. The lowest BCUT2D eigenvalue weighted by Crippen LogP contribution is -2.22. The fraction of sp³-hybridized carbons (Fsp3) is 0.120. The number of ether oxygens (including phenoxy) is 2. The first-order valence-electron chi connectivity index (χ1n) is 10.4. The zero-order valence-electron chi connectivity index (χ0n) is 18.4. The summed E-state index contributed by atoms with van der Waals surface area (Å²) in [6.45, 7) is 0.608. The minimum absolute atomic E-state index is 0.215. The molecular formula is C25H22N4O4S. The number of nitrogens with one attached hydrogen (secondary N) is 2. The largest absolute Gasteiger partial charge is 0.497 e. The first kappa shape index (κ1) is 22.9. The SMILES string of the molecule is COc1cccc(CNC(=O)c2ccc(NC(=O)c3nnc(COc4ccccc4)s3)cc2)c1. The highest BCUT2D eigenvalue weighted by Gasteiger charge is 2.14. The number of carbonyl (C=O) groups excluding carboxylic acids is 2. The molecule has 1 heterocycles. The molecule has 0 spiro atoms. The zero-order valence-corrected chi connectivity index (χ0v) is 19.2. The van der Waals surface area contributed by atoms with Gasteiger partial charge in [-0.1, -0.05) is 41.7 Å². The topological polar surface area (TPSA) is 102 Å². The minimum atomic E-state index is -0.376. The number of para-hydroxylation sites is 1. The number of hydrogen-bond acceptors (Lipinski definition) is 7. The maximum atomic E-state index is 12.5. The Morgan fingerprint density at radius 1 is 0.882 bits per heavy atom. The minimum Gasteiger partial charge on any atom is -0.497 e. The monoisotopic (exact) mass is 474 g/mol. The summed E-state index contributed by atoms with van der Waals surface area (Å²) in [7, 11) is 1.60. The molecule has 9 heteroatoms. The van der Waals surface area contributed by atoms with Gasteiger partial charge in [0.05, 0.1) is 7.11 Å². The van der Waals surface area contributed by atoms with Crippen LogP contribution in [0, 0.1) is 0 Å². The Morgan fingerprint density at radius 3 is 2.41 bits per heavy atom. The average Bonchev–Trinajstić information content (AvgIpc) is 3.36. The van der Waals surface area contributed by atoms with Gasteiger partial charge in [-0.25, -0.2) is 0 Å². The van der Waals surface area contributed by atoms with Crippen molar-refractivity contribution in [3.8, 4) is 11.5 Å². The van der Waals surface area contributed by atoms with Crippen LogP contribution in [0.15, 0.2) is 78.9 Å². The van der Waals surface area contributed by atoms with Gasteiger partial charge in [0.25, 0.3) is 11.8 Å². The number of aromatic nitrogens is 2. The Morgan fingerprint density at radius 2 is 1.65 bits per heavy atom. The molecule has 2 N–H and O–H groups in total. The average molecular weight is 475 g/mol. The smallest absolute Gasteiger partial charge is 0.286 e. The summed E-state index contributed by atoms with van der Waals surface area (Å²) < 4.78 is 10.8. The fourth-order valence-corrected chi connectivity index (χ4v) is 3.67. The molecule has 0 aliphatic rings. The van der Waals surface area contributed by atoms with Crippen LogP contribution in [-0.2, 0) is 13.2 Å². The van der Waals surface area contributed by atoms with Gasteiger partial charge >= 0.3 is 0 Å². The highest BCUT2D eigenvalue weighted by molar-refractivity contribution is 7.13. The zero-order chi connectivity index (χ0) is 23.8. The summed E-state index contributed by atoms with van der Waals surface area (Å²) in [6, 6.07) is 23.5. The Kier molecular flexibility index (Phi) is 7.46. The molecule has 0 unspecified atom stereocenters. The summed E-state index contributed by atoms with van der Waals surface area (Å²) in [5.74, 6) is 0.862. The third-order valence-corrected chi connectivity index (χ3v) is 5.65. The molecule has 0 bridgehead atoms. The van der Waals surface area contributed by atoms with Crippen LogP contribution < -0.4 is 20.1 Å². The third kappa shape index (κ3) is 6.17. The van der Waals surface area contributed by atoms with Gasteiger partial charge < -0.3 is 20.1 Å². The van der Waals surface area contributed by atoms with E-state index in [1.165, 1.54) is 0 Å². The van der Waals surface area contributed by atoms with Gasteiger partial charge in [-0.05, 0) is 54.1 Å². The van der Waals surface area contributed by atoms with Crippen LogP contribution in [0.3, 0.4) is 0 Å². The van der Waals surface area contributed by atoms with Crippen molar-refractivity contribution >= 4 is 28.8 Å². The highest BCUT2D eigenvalue weighted by atomic mass is 32.1. The number of rotatable bonds is 9. The molecular weight excluding hydrogens is 452 g/mol. The molecule has 4 rings (SSSR count). The van der Waals surface area contributed by atoms with E-state index >= 15 is 0 Å². The number of hydrogen-bond donors (Lipinski definition) is 2. The van der Waals surface area contributed by atoms with E-state index in [2.05, 4.69) is 20.8 Å². The van der Waals surface area contributed by atoms with Crippen LogP contribution in [-0.4, -0.2) is 29.1 Å². The molecule has 0 saturated carbocycles. The molecule has 0 aliphatic heterocycles. The van der Waals surface area contributed by atoms with Crippen LogP contribution in [0.1, 0.15) is 30.7 Å². The lowest BCUT2D eigenvalue weighted by atomic mass is 10.1. The van der Waals surface area contributed by atoms with Crippen LogP contribution in [0.4, 0.5) is 5.69 Å². The summed E-state index contributed by atoms with van der Waals surface area (Å²) in [5.41, 5.74) is 1.96. The molecule has 4 aromatic rings. The van der Waals surface area contributed by atoms with Crippen molar-refractivity contribution in [1.29, 1.82) is 0 Å². The molecule has 0 aliphatic carbocycles. The van der Waals surface area contributed by atoms with Crippen molar-refractivity contribution in [2.45, 2.75) is 13.2 Å². The Labute approximate surface area is 200 Å². The molecule has 2 amide bonds. The number of nitrogens with zero attached hydrogens (tertiary/aromatic N) is 2. The molecule has 172 valence electrons. The molecule has 0 atom stereocenters. The van der Waals surface area contributed by atoms with Crippen molar-refractivity contribution in [2.75, 3.05) is 12.4 Å². The van der Waals surface area contributed by atoms with E-state index in [1.807, 2.05) is 54.6 Å². The molecule has 3 aromatic carbocycles. The third-order valence-electron chi connectivity index (χ3n) is 4.76. The molecule has 1 aromatic heterocycles. The Balaban J connectivity index is 1.28. The van der Waals surface area contributed by atoms with Crippen LogP contribution >= 0.6 is 11.3 Å². The van der Waals surface area contributed by atoms with Crippen molar-refractivity contribution in [1.82, 2.24) is 15.5 Å². The number of benzene rings is 3. The molecule has 0 saturated heterocycles. The lowest BCUT2D eigenvalue weighted by Gasteiger charge is -2.08. The van der Waals surface area contributed by atoms with Crippen molar-refractivity contribution in [2.24, 2.45) is 0 Å². The normalized spacial score (nSPS) is 10.4. The number of anilines is 1. The van der Waals surface area contributed by atoms with Gasteiger partial charge in [-0.2, -0.15) is 0 Å². The summed E-state index contributed by atoms with van der Waals surface area (Å²) >= 11 is 1.16. The van der Waals surface area contributed by atoms with Crippen molar-refractivity contribution < 1.29 is 19.1 Å². The number of methoxy groups -OCH3 is 1. The maximum absolute atomic E-state index is 12.5. The fourth-order valence-electron chi connectivity index (χ4n) is 3.02. The maximum Gasteiger partial charge on any atom is 0.286 e. The lowest BCUT2D eigenvalue weighted by molar-refractivity contribution is 0.0950. The van der Waals surface area contributed by atoms with Crippen LogP contribution in [0.2, 0.25) is 0 Å². The van der Waals surface area contributed by atoms with E-state index in [0.29, 0.717) is 22.8 Å². The summed E-state index contributed by atoms with van der Waals surface area (Å²) in [4.78, 5) is 24.9. The van der Waals surface area contributed by atoms with Gasteiger partial charge in [0, 0.05) is 17.8 Å². The standard InChI is InChI=1S/C25H22N4O4S/c1-32-21-9-5-6-17(14-21)15-26-23(30)18-10-12-19(13-11-18)27-24(31)25-29-28-22(34-25)16-33-20-7-3-2-4-8-20/h2-14H,15-16H2,1H3,(H,26,30)(H,27,31). The summed E-state index contributed by atoms with van der Waals surface area (Å²) in [6.07, 6.45) is 0. The molecule has 8 nitrogen and oxygen atoms in total. The number of carbonyl (C=O) groups is 2. The van der Waals surface area contributed by atoms with Crippen molar-refractivity contribution in [3.63, 3.8) is 0 Å². The first-order valence-corrected chi connectivity index (χ1v) is 11.2. The van der Waals surface area contributed by atoms with E-state index in [1.54, 1.807) is 31.4 Å². The Bertz CT molecular complexity index is 1260. The van der Waals surface area contributed by atoms with Crippen molar-refractivity contribution in [3.05, 3.63) is 100 Å². The Hall–Kier alpha value is -4.24. The van der Waals surface area contributed by atoms with Crippen LogP contribution in [0.5, 0.6) is 11.5 Å². The van der Waals surface area contributed by atoms with Gasteiger partial charge in [-0.15, -0.1) is 10.2 Å². The highest BCUT2D eigenvalue weighted by Crippen LogP contribution is 2.17. The van der Waals surface area contributed by atoms with Gasteiger partial charge in [-0.3, -0.25) is 9.59 Å². The quantitative estimate of drug-likeness (QED) is 0.375. The van der Waals surface area contributed by atoms with E-state index in [-0.39, 0.29) is 23.4 Å².